The second-order valence-electron chi connectivity index (χ2n) is 8.91. The zero-order chi connectivity index (χ0) is 29.7. The van der Waals surface area contributed by atoms with Gasteiger partial charge in [-0.15, -0.1) is 6.42 Å². The third-order valence-electron chi connectivity index (χ3n) is 5.55. The number of nitrogens with zero attached hydrogens (tertiary/aromatic N) is 4. The average molecular weight is 578 g/mol. The fourth-order valence-corrected chi connectivity index (χ4v) is 5.18. The van der Waals surface area contributed by atoms with Crippen LogP contribution in [0.1, 0.15) is 27.0 Å². The van der Waals surface area contributed by atoms with Crippen molar-refractivity contribution in [2.45, 2.75) is 56.6 Å². The van der Waals surface area contributed by atoms with Crippen molar-refractivity contribution in [3.8, 4) is 18.1 Å². The zero-order valence-corrected chi connectivity index (χ0v) is 22.4. The number of benzene rings is 1. The standard InChI is InChI=1S/C23H27N6O10P/c1-5-22(34)19(32)23(27-28-24,38-20(22)29-12-11-17(30)25-21(29)33)13-36-40(35,39-16-9-7-6-8-10-16)26-15(4)18(31)37-14(2)3/h1,6-12,14-15,19-20,32,34H,13H2,2-4H3,(H,26,35)(H,25,30,33)/t15?,19-,20+,22+,23+,40?/m0/s1. The molecule has 1 aromatic carbocycles. The molecule has 2 aromatic rings. The zero-order valence-electron chi connectivity index (χ0n) is 21.5. The highest BCUT2D eigenvalue weighted by atomic mass is 31.2. The minimum absolute atomic E-state index is 0.0475. The van der Waals surface area contributed by atoms with Gasteiger partial charge in [-0.3, -0.25) is 23.7 Å². The first-order valence-electron chi connectivity index (χ1n) is 11.7. The average Bonchev–Trinajstić information content (AvgIpc) is 3.11. The Morgan fingerprint density at radius 1 is 1.35 bits per heavy atom. The third-order valence-corrected chi connectivity index (χ3v) is 7.18. The molecular weight excluding hydrogens is 551 g/mol. The van der Waals surface area contributed by atoms with E-state index in [-0.39, 0.29) is 5.75 Å². The fraction of sp³-hybridized carbons (Fsp3) is 0.435. The summed E-state index contributed by atoms with van der Waals surface area (Å²) in [7, 11) is -4.57. The highest BCUT2D eigenvalue weighted by Crippen LogP contribution is 2.50. The van der Waals surface area contributed by atoms with E-state index in [1.165, 1.54) is 19.1 Å². The normalized spacial score (nSPS) is 26.2. The molecule has 6 atom stereocenters. The number of ether oxygens (including phenoxy) is 2. The van der Waals surface area contributed by atoms with Gasteiger partial charge in [0.15, 0.2) is 11.8 Å². The number of hydrogen-bond acceptors (Lipinski definition) is 11. The Hall–Kier alpha value is -3.93. The van der Waals surface area contributed by atoms with Gasteiger partial charge < -0.3 is 24.2 Å². The number of esters is 1. The fourth-order valence-electron chi connectivity index (χ4n) is 3.67. The quantitative estimate of drug-likeness (QED) is 0.0732. The highest BCUT2D eigenvalue weighted by molar-refractivity contribution is 7.52. The maximum atomic E-state index is 13.8. The third kappa shape index (κ3) is 6.44. The summed E-state index contributed by atoms with van der Waals surface area (Å²) in [5.74, 6) is 1.16. The van der Waals surface area contributed by atoms with Crippen LogP contribution in [0, 0.1) is 12.3 Å². The van der Waals surface area contributed by atoms with Gasteiger partial charge in [-0.1, -0.05) is 29.2 Å². The summed E-state index contributed by atoms with van der Waals surface area (Å²) in [5, 5.41) is 28.0. The molecule has 2 unspecified atom stereocenters. The number of aromatic nitrogens is 2. The van der Waals surface area contributed by atoms with Crippen LogP contribution >= 0.6 is 7.75 Å². The lowest BCUT2D eigenvalue weighted by Crippen LogP contribution is -2.52. The van der Waals surface area contributed by atoms with E-state index in [9.17, 15) is 34.7 Å². The number of para-hydroxylation sites is 1. The molecule has 1 fully saturated rings. The van der Waals surface area contributed by atoms with Gasteiger partial charge in [0.05, 0.1) is 12.7 Å². The van der Waals surface area contributed by atoms with Crippen molar-refractivity contribution in [3.05, 3.63) is 73.9 Å². The van der Waals surface area contributed by atoms with Gasteiger partial charge in [-0.2, -0.15) is 5.09 Å². The first kappa shape index (κ1) is 30.6. The van der Waals surface area contributed by atoms with Gasteiger partial charge in [0.1, 0.15) is 17.9 Å². The molecule has 0 radical (unpaired) electrons. The molecule has 3 rings (SSSR count). The number of rotatable bonds is 11. The predicted octanol–water partition coefficient (Wildman–Crippen LogP) is 0.931. The van der Waals surface area contributed by atoms with Crippen molar-refractivity contribution in [1.82, 2.24) is 14.6 Å². The molecule has 2 heterocycles. The minimum atomic E-state index is -4.57. The minimum Gasteiger partial charge on any atom is -0.462 e. The van der Waals surface area contributed by atoms with Crippen molar-refractivity contribution in [3.63, 3.8) is 0 Å². The lowest BCUT2D eigenvalue weighted by Gasteiger charge is -2.30. The second-order valence-corrected chi connectivity index (χ2v) is 10.6. The molecular formula is C23H27N6O10P. The number of aromatic amines is 1. The van der Waals surface area contributed by atoms with Crippen LogP contribution in [0.3, 0.4) is 0 Å². The molecule has 1 aliphatic rings. The Labute approximate surface area is 227 Å². The van der Waals surface area contributed by atoms with Crippen LogP contribution in [0.5, 0.6) is 5.75 Å². The Balaban J connectivity index is 1.99. The predicted molar refractivity (Wildman–Crippen MR) is 138 cm³/mol. The van der Waals surface area contributed by atoms with Crippen molar-refractivity contribution >= 4 is 13.7 Å². The van der Waals surface area contributed by atoms with Gasteiger partial charge in [0.2, 0.25) is 5.72 Å². The molecule has 0 aliphatic carbocycles. The Bertz CT molecular complexity index is 1480. The summed E-state index contributed by atoms with van der Waals surface area (Å²) in [6.07, 6.45) is 1.73. The molecule has 1 saturated heterocycles. The van der Waals surface area contributed by atoms with E-state index >= 15 is 0 Å². The Morgan fingerprint density at radius 2 is 2.02 bits per heavy atom. The molecule has 0 spiro atoms. The number of terminal acetylenes is 1. The maximum Gasteiger partial charge on any atom is 0.459 e. The summed E-state index contributed by atoms with van der Waals surface area (Å²) in [6, 6.07) is 7.36. The number of azide groups is 1. The SMILES string of the molecule is C#C[C@]1(O)[C@H](n2ccc(=O)[nH]c2=O)O[C@@](COP(=O)(NC(C)C(=O)OC(C)C)Oc2ccccc2)(N=[N+]=[N-])[C@H]1O. The topological polar surface area (TPSA) is 227 Å². The lowest BCUT2D eigenvalue weighted by molar-refractivity contribution is -0.149. The smallest absolute Gasteiger partial charge is 0.459 e. The first-order valence-corrected chi connectivity index (χ1v) is 13.2. The van der Waals surface area contributed by atoms with Crippen molar-refractivity contribution in [1.29, 1.82) is 0 Å². The van der Waals surface area contributed by atoms with Crippen LogP contribution in [0.15, 0.2) is 57.3 Å². The molecule has 0 saturated carbocycles. The van der Waals surface area contributed by atoms with E-state index in [2.05, 4.69) is 15.1 Å². The van der Waals surface area contributed by atoms with Gasteiger partial charge in [-0.25, -0.2) is 9.36 Å². The molecule has 0 amide bonds. The molecule has 1 aliphatic heterocycles. The monoisotopic (exact) mass is 578 g/mol. The van der Waals surface area contributed by atoms with E-state index < -0.39 is 67.4 Å². The van der Waals surface area contributed by atoms with Crippen molar-refractivity contribution in [2.75, 3.05) is 6.61 Å². The first-order chi connectivity index (χ1) is 18.8. The molecule has 214 valence electrons. The lowest BCUT2D eigenvalue weighted by atomic mass is 9.92. The van der Waals surface area contributed by atoms with E-state index in [1.807, 2.05) is 10.9 Å². The van der Waals surface area contributed by atoms with Crippen LogP contribution in [-0.2, 0) is 23.4 Å². The summed E-state index contributed by atoms with van der Waals surface area (Å²) in [6.45, 7) is 3.48. The molecule has 17 heteroatoms. The van der Waals surface area contributed by atoms with Crippen LogP contribution in [0.2, 0.25) is 0 Å². The molecule has 0 bridgehead atoms. The van der Waals surface area contributed by atoms with E-state index in [0.29, 0.717) is 4.57 Å². The van der Waals surface area contributed by atoms with Crippen molar-refractivity contribution < 1.29 is 38.1 Å². The summed E-state index contributed by atoms with van der Waals surface area (Å²) >= 11 is 0. The van der Waals surface area contributed by atoms with Crippen LogP contribution in [-0.4, -0.2) is 61.9 Å². The van der Waals surface area contributed by atoms with Gasteiger partial charge in [0, 0.05) is 17.2 Å². The van der Waals surface area contributed by atoms with Crippen LogP contribution in [0.4, 0.5) is 0 Å². The molecule has 16 nitrogen and oxygen atoms in total. The molecule has 1 aromatic heterocycles. The number of carbonyl (C=O) groups is 1. The summed E-state index contributed by atoms with van der Waals surface area (Å²) in [5.41, 5.74) is 2.10. The summed E-state index contributed by atoms with van der Waals surface area (Å²) in [4.78, 5) is 40.8. The summed E-state index contributed by atoms with van der Waals surface area (Å²) < 4.78 is 36.2. The van der Waals surface area contributed by atoms with Gasteiger partial charge in [-0.05, 0) is 38.4 Å². The number of hydrogen-bond donors (Lipinski definition) is 4. The maximum absolute atomic E-state index is 13.8. The van der Waals surface area contributed by atoms with E-state index in [4.69, 9.17) is 24.9 Å². The Kier molecular flexibility index (Phi) is 9.24. The van der Waals surface area contributed by atoms with Crippen LogP contribution in [0.25, 0.3) is 10.4 Å². The Morgan fingerprint density at radius 3 is 2.60 bits per heavy atom. The molecule has 4 N–H and O–H groups in total. The van der Waals surface area contributed by atoms with Gasteiger partial charge >= 0.3 is 19.4 Å². The van der Waals surface area contributed by atoms with Gasteiger partial charge in [0.25, 0.3) is 5.56 Å². The number of carbonyl (C=O) groups excluding carboxylic acids is 1. The number of nitrogens with one attached hydrogen (secondary N) is 2. The number of H-pyrrole nitrogens is 1. The molecule has 40 heavy (non-hydrogen) atoms. The number of aliphatic hydroxyl groups is 2. The van der Waals surface area contributed by atoms with Crippen LogP contribution < -0.4 is 20.9 Å². The second kappa shape index (κ2) is 12.1. The largest absolute Gasteiger partial charge is 0.462 e. The highest BCUT2D eigenvalue weighted by Gasteiger charge is 2.64. The van der Waals surface area contributed by atoms with E-state index in [0.717, 1.165) is 12.3 Å². The number of aliphatic hydroxyl groups excluding tert-OH is 1. The van der Waals surface area contributed by atoms with Crippen molar-refractivity contribution in [2.24, 2.45) is 5.11 Å². The van der Waals surface area contributed by atoms with E-state index in [1.54, 1.807) is 32.0 Å².